The van der Waals surface area contributed by atoms with Crippen LogP contribution in [0.3, 0.4) is 0 Å². The molecule has 2 rings (SSSR count). The first kappa shape index (κ1) is 11.1. The van der Waals surface area contributed by atoms with Gasteiger partial charge in [0.25, 0.3) is 0 Å². The zero-order valence-corrected chi connectivity index (χ0v) is 9.22. The van der Waals surface area contributed by atoms with Gasteiger partial charge in [-0.2, -0.15) is 10.4 Å². The van der Waals surface area contributed by atoms with Gasteiger partial charge in [0.2, 0.25) is 0 Å². The summed E-state index contributed by atoms with van der Waals surface area (Å²) in [5, 5.41) is 12.7. The van der Waals surface area contributed by atoms with Gasteiger partial charge in [0, 0.05) is 19.3 Å². The zero-order chi connectivity index (χ0) is 12.3. The molecule has 0 saturated carbocycles. The standard InChI is InChI=1S/C12H10FN3O/c1-16-5-4-10(15-16)8-17-11-3-2-9(7-14)12(13)6-11/h2-6H,8H2,1H3. The lowest BCUT2D eigenvalue weighted by Crippen LogP contribution is -1.98. The Bertz CT molecular complexity index is 571. The Balaban J connectivity index is 2.05. The second-order valence-corrected chi connectivity index (χ2v) is 3.52. The minimum absolute atomic E-state index is 0.00943. The third-order valence-corrected chi connectivity index (χ3v) is 2.22. The van der Waals surface area contributed by atoms with Crippen LogP contribution in [0, 0.1) is 17.1 Å². The van der Waals surface area contributed by atoms with Crippen LogP contribution in [0.5, 0.6) is 5.75 Å². The first-order valence-corrected chi connectivity index (χ1v) is 5.00. The molecule has 0 fully saturated rings. The van der Waals surface area contributed by atoms with E-state index in [1.54, 1.807) is 23.0 Å². The molecule has 0 aliphatic heterocycles. The van der Waals surface area contributed by atoms with Crippen molar-refractivity contribution in [1.29, 1.82) is 5.26 Å². The Morgan fingerprint density at radius 1 is 1.47 bits per heavy atom. The largest absolute Gasteiger partial charge is 0.487 e. The van der Waals surface area contributed by atoms with E-state index in [1.165, 1.54) is 12.1 Å². The molecule has 17 heavy (non-hydrogen) atoms. The Hall–Kier alpha value is -2.35. The fourth-order valence-corrected chi connectivity index (χ4v) is 1.37. The number of aryl methyl sites for hydroxylation is 1. The van der Waals surface area contributed by atoms with Gasteiger partial charge in [-0.1, -0.05) is 0 Å². The summed E-state index contributed by atoms with van der Waals surface area (Å²) in [5.41, 5.74) is 0.771. The maximum absolute atomic E-state index is 13.3. The normalized spacial score (nSPS) is 9.94. The SMILES string of the molecule is Cn1ccc(COc2ccc(C#N)c(F)c2)n1. The molecule has 1 aromatic heterocycles. The lowest BCUT2D eigenvalue weighted by molar-refractivity contribution is 0.298. The number of halogens is 1. The number of nitriles is 1. The molecule has 5 heteroatoms. The van der Waals surface area contributed by atoms with Crippen LogP contribution in [0.25, 0.3) is 0 Å². The van der Waals surface area contributed by atoms with Crippen molar-refractivity contribution in [3.8, 4) is 11.8 Å². The molecule has 0 bridgehead atoms. The van der Waals surface area contributed by atoms with Gasteiger partial charge < -0.3 is 4.74 Å². The number of ether oxygens (including phenoxy) is 1. The Morgan fingerprint density at radius 3 is 2.88 bits per heavy atom. The lowest BCUT2D eigenvalue weighted by atomic mass is 10.2. The van der Waals surface area contributed by atoms with Crippen LogP contribution in [0.4, 0.5) is 4.39 Å². The van der Waals surface area contributed by atoms with E-state index < -0.39 is 5.82 Å². The van der Waals surface area contributed by atoms with E-state index in [9.17, 15) is 4.39 Å². The molecular formula is C12H10FN3O. The molecular weight excluding hydrogens is 221 g/mol. The molecule has 0 unspecified atom stereocenters. The van der Waals surface area contributed by atoms with E-state index in [0.29, 0.717) is 5.75 Å². The van der Waals surface area contributed by atoms with E-state index in [1.807, 2.05) is 13.1 Å². The maximum Gasteiger partial charge on any atom is 0.144 e. The third kappa shape index (κ3) is 2.61. The molecule has 2 aromatic rings. The van der Waals surface area contributed by atoms with Crippen LogP contribution in [0.1, 0.15) is 11.3 Å². The molecule has 0 radical (unpaired) electrons. The molecule has 0 spiro atoms. The van der Waals surface area contributed by atoms with Crippen molar-refractivity contribution < 1.29 is 9.13 Å². The first-order chi connectivity index (χ1) is 8.19. The van der Waals surface area contributed by atoms with Crippen molar-refractivity contribution >= 4 is 0 Å². The highest BCUT2D eigenvalue weighted by Gasteiger charge is 2.04. The molecule has 0 atom stereocenters. The van der Waals surface area contributed by atoms with Crippen molar-refractivity contribution in [2.45, 2.75) is 6.61 Å². The maximum atomic E-state index is 13.3. The monoisotopic (exact) mass is 231 g/mol. The van der Waals surface area contributed by atoms with Crippen molar-refractivity contribution in [3.05, 3.63) is 47.5 Å². The fourth-order valence-electron chi connectivity index (χ4n) is 1.37. The quantitative estimate of drug-likeness (QED) is 0.811. The van der Waals surface area contributed by atoms with Crippen LogP contribution in [-0.4, -0.2) is 9.78 Å². The molecule has 0 saturated heterocycles. The molecule has 0 N–H and O–H groups in total. The molecule has 0 aliphatic rings. The third-order valence-electron chi connectivity index (χ3n) is 2.22. The smallest absolute Gasteiger partial charge is 0.144 e. The Labute approximate surface area is 97.9 Å². The molecule has 4 nitrogen and oxygen atoms in total. The van der Waals surface area contributed by atoms with E-state index in [2.05, 4.69) is 5.10 Å². The summed E-state index contributed by atoms with van der Waals surface area (Å²) in [5.74, 6) is -0.196. The van der Waals surface area contributed by atoms with Crippen molar-refractivity contribution in [2.24, 2.45) is 7.05 Å². The van der Waals surface area contributed by atoms with Crippen molar-refractivity contribution in [1.82, 2.24) is 9.78 Å². The summed E-state index contributed by atoms with van der Waals surface area (Å²) in [6.45, 7) is 0.270. The second-order valence-electron chi connectivity index (χ2n) is 3.52. The van der Waals surface area contributed by atoms with Gasteiger partial charge >= 0.3 is 0 Å². The van der Waals surface area contributed by atoms with Crippen molar-refractivity contribution in [3.63, 3.8) is 0 Å². The second kappa shape index (κ2) is 4.66. The number of benzene rings is 1. The predicted molar refractivity (Wildman–Crippen MR) is 58.7 cm³/mol. The highest BCUT2D eigenvalue weighted by molar-refractivity contribution is 5.36. The summed E-state index contributed by atoms with van der Waals surface area (Å²) < 4.78 is 20.3. The Kier molecular flexibility index (Phi) is 3.06. The minimum Gasteiger partial charge on any atom is -0.487 e. The summed E-state index contributed by atoms with van der Waals surface area (Å²) in [6, 6.07) is 7.72. The van der Waals surface area contributed by atoms with Gasteiger partial charge in [0.05, 0.1) is 11.3 Å². The molecule has 0 amide bonds. The van der Waals surface area contributed by atoms with Gasteiger partial charge in [-0.15, -0.1) is 0 Å². The molecule has 1 heterocycles. The van der Waals surface area contributed by atoms with Crippen LogP contribution in [-0.2, 0) is 13.7 Å². The van der Waals surface area contributed by atoms with Gasteiger partial charge in [-0.25, -0.2) is 4.39 Å². The van der Waals surface area contributed by atoms with E-state index in [-0.39, 0.29) is 12.2 Å². The predicted octanol–water partition coefficient (Wildman–Crippen LogP) is 2.01. The summed E-state index contributed by atoms with van der Waals surface area (Å²) in [7, 11) is 1.81. The highest BCUT2D eigenvalue weighted by atomic mass is 19.1. The van der Waals surface area contributed by atoms with E-state index >= 15 is 0 Å². The van der Waals surface area contributed by atoms with E-state index in [4.69, 9.17) is 10.00 Å². The van der Waals surface area contributed by atoms with Gasteiger partial charge in [0.15, 0.2) is 0 Å². The molecule has 1 aromatic carbocycles. The molecule has 0 aliphatic carbocycles. The van der Waals surface area contributed by atoms with Crippen LogP contribution in [0.15, 0.2) is 30.5 Å². The van der Waals surface area contributed by atoms with Crippen LogP contribution >= 0.6 is 0 Å². The van der Waals surface area contributed by atoms with Gasteiger partial charge in [-0.3, -0.25) is 4.68 Å². The summed E-state index contributed by atoms with van der Waals surface area (Å²) in [4.78, 5) is 0. The minimum atomic E-state index is -0.578. The molecule has 86 valence electrons. The number of hydrogen-bond acceptors (Lipinski definition) is 3. The number of nitrogens with zero attached hydrogens (tertiary/aromatic N) is 3. The number of rotatable bonds is 3. The van der Waals surface area contributed by atoms with Crippen molar-refractivity contribution in [2.75, 3.05) is 0 Å². The first-order valence-electron chi connectivity index (χ1n) is 5.00. The summed E-state index contributed by atoms with van der Waals surface area (Å²) >= 11 is 0. The number of aromatic nitrogens is 2. The summed E-state index contributed by atoms with van der Waals surface area (Å²) in [6.07, 6.45) is 1.80. The number of hydrogen-bond donors (Lipinski definition) is 0. The van der Waals surface area contributed by atoms with E-state index in [0.717, 1.165) is 5.69 Å². The average Bonchev–Trinajstić information content (AvgIpc) is 2.73. The zero-order valence-electron chi connectivity index (χ0n) is 9.22. The lowest BCUT2D eigenvalue weighted by Gasteiger charge is -2.04. The van der Waals surface area contributed by atoms with Crippen LogP contribution < -0.4 is 4.74 Å². The van der Waals surface area contributed by atoms with Gasteiger partial charge in [0.1, 0.15) is 24.2 Å². The fraction of sp³-hybridized carbons (Fsp3) is 0.167. The van der Waals surface area contributed by atoms with Gasteiger partial charge in [-0.05, 0) is 18.2 Å². The van der Waals surface area contributed by atoms with Crippen LogP contribution in [0.2, 0.25) is 0 Å². The Morgan fingerprint density at radius 2 is 2.29 bits per heavy atom. The average molecular weight is 231 g/mol. The highest BCUT2D eigenvalue weighted by Crippen LogP contribution is 2.16. The topological polar surface area (TPSA) is 50.8 Å².